The van der Waals surface area contributed by atoms with E-state index < -0.39 is 18.4 Å². The number of nitrogens with zero attached hydrogens (tertiary/aromatic N) is 1. The van der Waals surface area contributed by atoms with Gasteiger partial charge in [-0.25, -0.2) is 0 Å². The lowest BCUT2D eigenvalue weighted by Gasteiger charge is -2.23. The lowest BCUT2D eigenvalue weighted by molar-refractivity contribution is -0.275. The summed E-state index contributed by atoms with van der Waals surface area (Å²) in [6.07, 6.45) is -5.72. The van der Waals surface area contributed by atoms with Crippen LogP contribution in [0.3, 0.4) is 0 Å². The van der Waals surface area contributed by atoms with E-state index in [-0.39, 0.29) is 23.6 Å². The van der Waals surface area contributed by atoms with Crippen molar-refractivity contribution >= 4 is 11.7 Å². The van der Waals surface area contributed by atoms with Crippen molar-refractivity contribution in [2.45, 2.75) is 32.9 Å². The Bertz CT molecular complexity index is 851. The van der Waals surface area contributed by atoms with Gasteiger partial charge in [-0.05, 0) is 32.0 Å². The zero-order chi connectivity index (χ0) is 20.9. The summed E-state index contributed by atoms with van der Waals surface area (Å²) in [6, 6.07) is 12.0. The van der Waals surface area contributed by atoms with Crippen LogP contribution in [0.1, 0.15) is 29.8 Å². The standard InChI is InChI=1S/C20H20F3NO4/c1-13(25)15-8-6-9-17(11-15)27-14(2)19(26)24(3)12-16-7-4-5-10-18(16)28-20(21,22)23/h4-11,14H,12H2,1-3H3. The van der Waals surface area contributed by atoms with E-state index in [0.717, 1.165) is 0 Å². The highest BCUT2D eigenvalue weighted by molar-refractivity contribution is 5.94. The molecule has 0 radical (unpaired) electrons. The van der Waals surface area contributed by atoms with E-state index in [9.17, 15) is 22.8 Å². The molecule has 150 valence electrons. The highest BCUT2D eigenvalue weighted by Gasteiger charge is 2.32. The Kier molecular flexibility index (Phi) is 6.66. The molecule has 0 fully saturated rings. The van der Waals surface area contributed by atoms with Gasteiger partial charge >= 0.3 is 6.36 Å². The normalized spacial score (nSPS) is 12.2. The number of ether oxygens (including phenoxy) is 2. The van der Waals surface area contributed by atoms with E-state index in [1.165, 1.54) is 50.1 Å². The average Bonchev–Trinajstić information content (AvgIpc) is 2.61. The van der Waals surface area contributed by atoms with Crippen molar-refractivity contribution in [2.24, 2.45) is 0 Å². The summed E-state index contributed by atoms with van der Waals surface area (Å²) in [5.74, 6) is -0.585. The van der Waals surface area contributed by atoms with Gasteiger partial charge in [-0.15, -0.1) is 13.2 Å². The van der Waals surface area contributed by atoms with Gasteiger partial charge in [0.15, 0.2) is 11.9 Å². The summed E-state index contributed by atoms with van der Waals surface area (Å²) in [5, 5.41) is 0. The number of likely N-dealkylation sites (N-methyl/N-ethyl adjacent to an activating group) is 1. The molecule has 0 saturated heterocycles. The summed E-state index contributed by atoms with van der Waals surface area (Å²) in [5.41, 5.74) is 0.658. The number of halogens is 3. The Hall–Kier alpha value is -3.03. The van der Waals surface area contributed by atoms with Crippen molar-refractivity contribution in [1.82, 2.24) is 4.90 Å². The maximum Gasteiger partial charge on any atom is 0.573 e. The van der Waals surface area contributed by atoms with Crippen LogP contribution in [-0.4, -0.2) is 36.1 Å². The van der Waals surface area contributed by atoms with Crippen LogP contribution in [0.2, 0.25) is 0 Å². The van der Waals surface area contributed by atoms with Gasteiger partial charge in [0.05, 0.1) is 0 Å². The molecule has 1 atom stereocenters. The Labute approximate surface area is 160 Å². The molecule has 0 aliphatic heterocycles. The number of para-hydroxylation sites is 1. The van der Waals surface area contributed by atoms with Crippen LogP contribution in [0.25, 0.3) is 0 Å². The predicted octanol–water partition coefficient (Wildman–Crippen LogP) is 4.21. The second kappa shape index (κ2) is 8.77. The molecule has 0 aliphatic rings. The molecule has 28 heavy (non-hydrogen) atoms. The van der Waals surface area contributed by atoms with E-state index in [0.29, 0.717) is 11.3 Å². The van der Waals surface area contributed by atoms with Gasteiger partial charge in [0, 0.05) is 24.7 Å². The van der Waals surface area contributed by atoms with Crippen LogP contribution < -0.4 is 9.47 Å². The molecule has 1 amide bonds. The Morgan fingerprint density at radius 1 is 1.11 bits per heavy atom. The van der Waals surface area contributed by atoms with Gasteiger partial charge in [-0.3, -0.25) is 9.59 Å². The second-order valence-electron chi connectivity index (χ2n) is 6.19. The molecule has 2 aromatic rings. The number of benzene rings is 2. The molecule has 0 spiro atoms. The molecule has 5 nitrogen and oxygen atoms in total. The first-order chi connectivity index (χ1) is 13.1. The van der Waals surface area contributed by atoms with Gasteiger partial charge in [-0.1, -0.05) is 30.3 Å². The molecule has 0 aromatic heterocycles. The van der Waals surface area contributed by atoms with Crippen molar-refractivity contribution < 1.29 is 32.2 Å². The number of alkyl halides is 3. The van der Waals surface area contributed by atoms with E-state index >= 15 is 0 Å². The van der Waals surface area contributed by atoms with Crippen LogP contribution in [-0.2, 0) is 11.3 Å². The molecule has 1 unspecified atom stereocenters. The first kappa shape index (κ1) is 21.3. The van der Waals surface area contributed by atoms with E-state index in [2.05, 4.69) is 4.74 Å². The van der Waals surface area contributed by atoms with Crippen LogP contribution in [0.5, 0.6) is 11.5 Å². The smallest absolute Gasteiger partial charge is 0.481 e. The predicted molar refractivity (Wildman–Crippen MR) is 96.1 cm³/mol. The van der Waals surface area contributed by atoms with Gasteiger partial charge in [0.1, 0.15) is 11.5 Å². The fourth-order valence-electron chi connectivity index (χ4n) is 2.55. The SMILES string of the molecule is CC(=O)c1cccc(OC(C)C(=O)N(C)Cc2ccccc2OC(F)(F)F)c1. The van der Waals surface area contributed by atoms with Crippen LogP contribution >= 0.6 is 0 Å². The number of hydrogen-bond acceptors (Lipinski definition) is 4. The number of carbonyl (C=O) groups excluding carboxylic acids is 2. The lowest BCUT2D eigenvalue weighted by Crippen LogP contribution is -2.37. The maximum absolute atomic E-state index is 12.5. The van der Waals surface area contributed by atoms with Crippen LogP contribution in [0.4, 0.5) is 13.2 Å². The number of Topliss-reactive ketones (excluding diaryl/α,β-unsaturated/α-hetero) is 1. The summed E-state index contributed by atoms with van der Waals surface area (Å²) >= 11 is 0. The Morgan fingerprint density at radius 2 is 1.79 bits per heavy atom. The number of ketones is 1. The van der Waals surface area contributed by atoms with Crippen LogP contribution in [0.15, 0.2) is 48.5 Å². The fourth-order valence-corrected chi connectivity index (χ4v) is 2.55. The second-order valence-corrected chi connectivity index (χ2v) is 6.19. The van der Waals surface area contributed by atoms with Crippen LogP contribution in [0, 0.1) is 0 Å². The number of amides is 1. The van der Waals surface area contributed by atoms with Gasteiger partial charge < -0.3 is 14.4 Å². The van der Waals surface area contributed by atoms with Gasteiger partial charge in [0.25, 0.3) is 5.91 Å². The van der Waals surface area contributed by atoms with E-state index in [4.69, 9.17) is 4.74 Å². The molecule has 0 heterocycles. The zero-order valence-corrected chi connectivity index (χ0v) is 15.6. The summed E-state index contributed by atoms with van der Waals surface area (Å²) in [4.78, 5) is 25.2. The quantitative estimate of drug-likeness (QED) is 0.659. The molecular weight excluding hydrogens is 375 g/mol. The Morgan fingerprint density at radius 3 is 2.43 bits per heavy atom. The van der Waals surface area contributed by atoms with E-state index in [1.54, 1.807) is 24.3 Å². The van der Waals surface area contributed by atoms with Crippen molar-refractivity contribution in [1.29, 1.82) is 0 Å². The zero-order valence-electron chi connectivity index (χ0n) is 15.6. The molecule has 8 heteroatoms. The maximum atomic E-state index is 12.5. The van der Waals surface area contributed by atoms with Crippen molar-refractivity contribution in [3.05, 3.63) is 59.7 Å². The third kappa shape index (κ3) is 6.00. The molecular formula is C20H20F3NO4. The molecule has 0 aliphatic carbocycles. The monoisotopic (exact) mass is 395 g/mol. The fraction of sp³-hybridized carbons (Fsp3) is 0.300. The summed E-state index contributed by atoms with van der Waals surface area (Å²) < 4.78 is 47.2. The highest BCUT2D eigenvalue weighted by Crippen LogP contribution is 2.27. The molecule has 0 N–H and O–H groups in total. The highest BCUT2D eigenvalue weighted by atomic mass is 19.4. The molecule has 2 rings (SSSR count). The number of carbonyl (C=O) groups is 2. The van der Waals surface area contributed by atoms with Crippen molar-refractivity contribution in [3.63, 3.8) is 0 Å². The number of hydrogen-bond donors (Lipinski definition) is 0. The first-order valence-electron chi connectivity index (χ1n) is 8.43. The van der Waals surface area contributed by atoms with Crippen molar-refractivity contribution in [2.75, 3.05) is 7.05 Å². The minimum Gasteiger partial charge on any atom is -0.481 e. The van der Waals surface area contributed by atoms with Gasteiger partial charge in [-0.2, -0.15) is 0 Å². The first-order valence-corrected chi connectivity index (χ1v) is 8.43. The Balaban J connectivity index is 2.06. The van der Waals surface area contributed by atoms with Crippen molar-refractivity contribution in [3.8, 4) is 11.5 Å². The molecule has 2 aromatic carbocycles. The summed E-state index contributed by atoms with van der Waals surface area (Å²) in [7, 11) is 1.46. The minimum atomic E-state index is -4.82. The minimum absolute atomic E-state index is 0.0910. The largest absolute Gasteiger partial charge is 0.573 e. The average molecular weight is 395 g/mol. The topological polar surface area (TPSA) is 55.8 Å². The third-order valence-electron chi connectivity index (χ3n) is 3.88. The number of rotatable bonds is 7. The lowest BCUT2D eigenvalue weighted by atomic mass is 10.1. The molecule has 0 bridgehead atoms. The molecule has 0 saturated carbocycles. The third-order valence-corrected chi connectivity index (χ3v) is 3.88. The van der Waals surface area contributed by atoms with E-state index in [1.807, 2.05) is 0 Å². The summed E-state index contributed by atoms with van der Waals surface area (Å²) in [6.45, 7) is 2.85. The van der Waals surface area contributed by atoms with Gasteiger partial charge in [0.2, 0.25) is 0 Å².